The number of rotatable bonds is 9. The van der Waals surface area contributed by atoms with Crippen molar-refractivity contribution in [2.75, 3.05) is 31.0 Å². The lowest BCUT2D eigenvalue weighted by Gasteiger charge is -2.22. The number of carbonyl (C=O) groups excluding carboxylic acids is 3. The molecule has 3 aromatic rings. The maximum Gasteiger partial charge on any atom is 0.332 e. The van der Waals surface area contributed by atoms with Crippen LogP contribution in [0.5, 0.6) is 11.5 Å². The van der Waals surface area contributed by atoms with E-state index in [1.165, 1.54) is 36.3 Å². The maximum atomic E-state index is 13.4. The minimum Gasteiger partial charge on any atom is -0.493 e. The van der Waals surface area contributed by atoms with Gasteiger partial charge in [0.1, 0.15) is 11.9 Å². The van der Waals surface area contributed by atoms with E-state index < -0.39 is 29.7 Å². The summed E-state index contributed by atoms with van der Waals surface area (Å²) in [6.45, 7) is 0.206. The highest BCUT2D eigenvalue weighted by molar-refractivity contribution is 6.22. The Bertz CT molecular complexity index is 1250. The molecule has 4 rings (SSSR count). The third-order valence-electron chi connectivity index (χ3n) is 5.93. The van der Waals surface area contributed by atoms with Crippen LogP contribution in [0.2, 0.25) is 0 Å². The third kappa shape index (κ3) is 5.30. The number of imide groups is 1. The van der Waals surface area contributed by atoms with Crippen LogP contribution in [-0.4, -0.2) is 49.6 Å². The molecular weight excluding hydrogens is 465 g/mol. The van der Waals surface area contributed by atoms with Crippen molar-refractivity contribution in [3.8, 4) is 11.5 Å². The summed E-state index contributed by atoms with van der Waals surface area (Å²) in [6, 6.07) is 17.9. The minimum absolute atomic E-state index is 0.206. The zero-order chi connectivity index (χ0) is 25.7. The first-order valence-electron chi connectivity index (χ1n) is 11.4. The highest BCUT2D eigenvalue weighted by Crippen LogP contribution is 2.30. The standard InChI is InChI=1S/C27H26FN3O5/c1-35-23-13-8-18(16-24(23)36-2)14-15-30-22(17-25(32)29-20-11-9-19(28)10-12-20)26(33)31(27(30)34)21-6-4-3-5-7-21/h3-13,16,22H,14-15,17H2,1-2H3,(H,29,32)/t22-/m1/s1. The largest absolute Gasteiger partial charge is 0.493 e. The number of amides is 4. The summed E-state index contributed by atoms with van der Waals surface area (Å²) in [6.07, 6.45) is 0.190. The van der Waals surface area contributed by atoms with E-state index in [4.69, 9.17) is 9.47 Å². The Morgan fingerprint density at radius 1 is 0.944 bits per heavy atom. The van der Waals surface area contributed by atoms with Crippen LogP contribution in [-0.2, 0) is 16.0 Å². The van der Waals surface area contributed by atoms with Crippen molar-refractivity contribution in [3.63, 3.8) is 0 Å². The highest BCUT2D eigenvalue weighted by atomic mass is 19.1. The van der Waals surface area contributed by atoms with Crippen molar-refractivity contribution in [1.82, 2.24) is 4.90 Å². The second-order valence-corrected chi connectivity index (χ2v) is 8.20. The van der Waals surface area contributed by atoms with Gasteiger partial charge in [-0.3, -0.25) is 9.59 Å². The van der Waals surface area contributed by atoms with Crippen molar-refractivity contribution in [2.45, 2.75) is 18.9 Å². The molecule has 4 amide bonds. The first-order chi connectivity index (χ1) is 17.4. The summed E-state index contributed by atoms with van der Waals surface area (Å²) >= 11 is 0. The van der Waals surface area contributed by atoms with Crippen LogP contribution in [0.1, 0.15) is 12.0 Å². The lowest BCUT2D eigenvalue weighted by atomic mass is 10.1. The number of anilines is 2. The Balaban J connectivity index is 1.55. The predicted octanol–water partition coefficient (Wildman–Crippen LogP) is 4.25. The molecule has 1 heterocycles. The van der Waals surface area contributed by atoms with Crippen LogP contribution in [0, 0.1) is 5.82 Å². The average Bonchev–Trinajstić information content (AvgIpc) is 3.12. The number of benzene rings is 3. The van der Waals surface area contributed by atoms with Gasteiger partial charge in [0, 0.05) is 12.2 Å². The molecular formula is C27H26FN3O5. The van der Waals surface area contributed by atoms with Gasteiger partial charge in [-0.1, -0.05) is 24.3 Å². The lowest BCUT2D eigenvalue weighted by molar-refractivity contribution is -0.124. The van der Waals surface area contributed by atoms with Crippen molar-refractivity contribution in [3.05, 3.63) is 84.2 Å². The van der Waals surface area contributed by atoms with Crippen LogP contribution in [0.25, 0.3) is 0 Å². The first kappa shape index (κ1) is 24.7. The van der Waals surface area contributed by atoms with E-state index in [-0.39, 0.29) is 13.0 Å². The summed E-state index contributed by atoms with van der Waals surface area (Å²) in [7, 11) is 3.09. The zero-order valence-electron chi connectivity index (χ0n) is 19.9. The molecule has 1 aliphatic rings. The molecule has 0 saturated carbocycles. The van der Waals surface area contributed by atoms with Gasteiger partial charge >= 0.3 is 6.03 Å². The topological polar surface area (TPSA) is 88.2 Å². The van der Waals surface area contributed by atoms with E-state index in [0.717, 1.165) is 10.5 Å². The molecule has 0 radical (unpaired) electrons. The Labute approximate surface area is 208 Å². The van der Waals surface area contributed by atoms with Crippen molar-refractivity contribution in [1.29, 1.82) is 0 Å². The second kappa shape index (κ2) is 10.9. The lowest BCUT2D eigenvalue weighted by Crippen LogP contribution is -2.39. The number of nitrogens with one attached hydrogen (secondary N) is 1. The molecule has 0 aromatic heterocycles. The quantitative estimate of drug-likeness (QED) is 0.452. The van der Waals surface area contributed by atoms with Crippen LogP contribution in [0.3, 0.4) is 0 Å². The number of ether oxygens (including phenoxy) is 2. The number of urea groups is 1. The molecule has 1 N–H and O–H groups in total. The normalized spacial score (nSPS) is 15.2. The molecule has 0 unspecified atom stereocenters. The molecule has 1 aliphatic heterocycles. The van der Waals surface area contributed by atoms with Gasteiger partial charge in [0.25, 0.3) is 5.91 Å². The smallest absolute Gasteiger partial charge is 0.332 e. The van der Waals surface area contributed by atoms with Gasteiger partial charge in [-0.05, 0) is 60.5 Å². The monoisotopic (exact) mass is 491 g/mol. The molecule has 1 saturated heterocycles. The summed E-state index contributed by atoms with van der Waals surface area (Å²) < 4.78 is 23.8. The van der Waals surface area contributed by atoms with E-state index in [1.54, 1.807) is 43.5 Å². The number of hydrogen-bond acceptors (Lipinski definition) is 5. The van der Waals surface area contributed by atoms with E-state index in [0.29, 0.717) is 29.3 Å². The minimum atomic E-state index is -0.988. The summed E-state index contributed by atoms with van der Waals surface area (Å²) in [5, 5.41) is 2.66. The molecule has 9 heteroatoms. The SMILES string of the molecule is COc1ccc(CCN2C(=O)N(c3ccccc3)C(=O)[C@H]2CC(=O)Nc2ccc(F)cc2)cc1OC. The van der Waals surface area contributed by atoms with Crippen LogP contribution >= 0.6 is 0 Å². The summed E-state index contributed by atoms with van der Waals surface area (Å²) in [5.74, 6) is -0.227. The Morgan fingerprint density at radius 2 is 1.64 bits per heavy atom. The number of nitrogens with zero attached hydrogens (tertiary/aromatic N) is 2. The molecule has 186 valence electrons. The van der Waals surface area contributed by atoms with Gasteiger partial charge in [-0.2, -0.15) is 0 Å². The summed E-state index contributed by atoms with van der Waals surface area (Å²) in [5.41, 5.74) is 1.71. The number of halogens is 1. The number of para-hydroxylation sites is 1. The molecule has 8 nitrogen and oxygen atoms in total. The zero-order valence-corrected chi connectivity index (χ0v) is 19.9. The number of methoxy groups -OCH3 is 2. The molecule has 1 fully saturated rings. The van der Waals surface area contributed by atoms with Crippen molar-refractivity contribution < 1.29 is 28.2 Å². The van der Waals surface area contributed by atoms with Gasteiger partial charge in [0.05, 0.1) is 26.3 Å². The summed E-state index contributed by atoms with van der Waals surface area (Å²) in [4.78, 5) is 42.0. The van der Waals surface area contributed by atoms with Gasteiger partial charge < -0.3 is 19.7 Å². The molecule has 0 bridgehead atoms. The van der Waals surface area contributed by atoms with Crippen molar-refractivity contribution >= 4 is 29.2 Å². The van der Waals surface area contributed by atoms with Crippen LogP contribution < -0.4 is 19.7 Å². The first-order valence-corrected chi connectivity index (χ1v) is 11.4. The Kier molecular flexibility index (Phi) is 7.48. The Morgan fingerprint density at radius 3 is 2.31 bits per heavy atom. The molecule has 0 aliphatic carbocycles. The van der Waals surface area contributed by atoms with Crippen LogP contribution in [0.15, 0.2) is 72.8 Å². The number of carbonyl (C=O) groups is 3. The molecule has 0 spiro atoms. The van der Waals surface area contributed by atoms with Crippen LogP contribution in [0.4, 0.5) is 20.6 Å². The van der Waals surface area contributed by atoms with Gasteiger partial charge in [0.15, 0.2) is 11.5 Å². The van der Waals surface area contributed by atoms with E-state index in [2.05, 4.69) is 5.32 Å². The fourth-order valence-electron chi connectivity index (χ4n) is 4.11. The van der Waals surface area contributed by atoms with Gasteiger partial charge in [0.2, 0.25) is 5.91 Å². The fourth-order valence-corrected chi connectivity index (χ4v) is 4.11. The average molecular weight is 492 g/mol. The van der Waals surface area contributed by atoms with E-state index in [1.807, 2.05) is 12.1 Å². The van der Waals surface area contributed by atoms with E-state index >= 15 is 0 Å². The van der Waals surface area contributed by atoms with E-state index in [9.17, 15) is 18.8 Å². The molecule has 36 heavy (non-hydrogen) atoms. The second-order valence-electron chi connectivity index (χ2n) is 8.20. The fraction of sp³-hybridized carbons (Fsp3) is 0.222. The number of hydrogen-bond donors (Lipinski definition) is 1. The molecule has 1 atom stereocenters. The maximum absolute atomic E-state index is 13.4. The van der Waals surface area contributed by atoms with Gasteiger partial charge in [-0.25, -0.2) is 14.1 Å². The molecule has 3 aromatic carbocycles. The van der Waals surface area contributed by atoms with Gasteiger partial charge in [-0.15, -0.1) is 0 Å². The highest BCUT2D eigenvalue weighted by Gasteiger charge is 2.46. The predicted molar refractivity (Wildman–Crippen MR) is 133 cm³/mol. The third-order valence-corrected chi connectivity index (χ3v) is 5.93. The Hall–Kier alpha value is -4.40. The van der Waals surface area contributed by atoms with Crippen molar-refractivity contribution in [2.24, 2.45) is 0 Å².